The molecule has 8 heteroatoms. The molecule has 0 saturated heterocycles. The number of nitrogens with zero attached hydrogens (tertiary/aromatic N) is 1. The first-order chi connectivity index (χ1) is 10.8. The summed E-state index contributed by atoms with van der Waals surface area (Å²) in [6, 6.07) is 9.60. The Labute approximate surface area is 137 Å². The maximum absolute atomic E-state index is 12.5. The molecule has 1 aliphatic rings. The molecule has 1 aromatic heterocycles. The summed E-state index contributed by atoms with van der Waals surface area (Å²) in [5.74, 6) is -1.03. The lowest BCUT2D eigenvalue weighted by molar-refractivity contribution is -0.113. The zero-order valence-corrected chi connectivity index (χ0v) is 14.0. The van der Waals surface area contributed by atoms with Crippen LogP contribution in [0, 0.1) is 6.92 Å². The Hall–Kier alpha value is -2.32. The molecular formula is C15H14N2O4S2. The molecule has 0 bridgehead atoms. The van der Waals surface area contributed by atoms with Crippen LogP contribution in [-0.2, 0) is 14.8 Å². The van der Waals surface area contributed by atoms with E-state index in [1.54, 1.807) is 18.2 Å². The lowest BCUT2D eigenvalue weighted by Gasteiger charge is -2.28. The molecule has 0 radical (unpaired) electrons. The maximum Gasteiger partial charge on any atom is 0.277 e. The number of hydrogen-bond donors (Lipinski definition) is 2. The number of benzene rings is 1. The van der Waals surface area contributed by atoms with Gasteiger partial charge in [-0.3, -0.25) is 9.10 Å². The Balaban J connectivity index is 2.09. The number of aryl methyl sites for hydroxylation is 1. The molecule has 120 valence electrons. The smallest absolute Gasteiger partial charge is 0.277 e. The summed E-state index contributed by atoms with van der Waals surface area (Å²) in [5.41, 5.74) is -0.173. The molecule has 23 heavy (non-hydrogen) atoms. The number of fused-ring (bicyclic) bond motifs is 1. The van der Waals surface area contributed by atoms with Crippen LogP contribution in [0.25, 0.3) is 5.76 Å². The summed E-state index contributed by atoms with van der Waals surface area (Å²) in [6.45, 7) is 1.89. The van der Waals surface area contributed by atoms with E-state index in [1.807, 2.05) is 13.0 Å². The van der Waals surface area contributed by atoms with Crippen molar-refractivity contribution in [1.29, 1.82) is 0 Å². The van der Waals surface area contributed by atoms with E-state index in [1.165, 1.54) is 30.5 Å². The Morgan fingerprint density at radius 2 is 1.91 bits per heavy atom. The molecule has 2 aromatic rings. The number of carbonyl (C=O) groups excluding carboxylic acids is 1. The summed E-state index contributed by atoms with van der Waals surface area (Å²) in [5, 5.41) is 13.6. The van der Waals surface area contributed by atoms with Gasteiger partial charge in [0.15, 0.2) is 11.5 Å². The SMILES string of the molecule is Cc1ccc(NC(=O)C2=C(O)c3ccccc3S(=O)(=O)N2C)s1. The van der Waals surface area contributed by atoms with Gasteiger partial charge in [-0.1, -0.05) is 12.1 Å². The second-order valence-corrected chi connectivity index (χ2v) is 8.26. The molecular weight excluding hydrogens is 336 g/mol. The second kappa shape index (κ2) is 5.39. The summed E-state index contributed by atoms with van der Waals surface area (Å²) in [6.07, 6.45) is 0. The highest BCUT2D eigenvalue weighted by atomic mass is 32.2. The predicted molar refractivity (Wildman–Crippen MR) is 88.6 cm³/mol. The molecule has 1 aromatic carbocycles. The third-order valence-corrected chi connectivity index (χ3v) is 6.24. The largest absolute Gasteiger partial charge is 0.505 e. The van der Waals surface area contributed by atoms with Crippen LogP contribution < -0.4 is 5.32 Å². The van der Waals surface area contributed by atoms with E-state index in [0.29, 0.717) is 5.00 Å². The van der Waals surface area contributed by atoms with E-state index in [2.05, 4.69) is 5.32 Å². The van der Waals surface area contributed by atoms with Gasteiger partial charge in [0.25, 0.3) is 15.9 Å². The fourth-order valence-corrected chi connectivity index (χ4v) is 4.52. The van der Waals surface area contributed by atoms with Gasteiger partial charge in [0.2, 0.25) is 0 Å². The minimum Gasteiger partial charge on any atom is -0.505 e. The number of amides is 1. The average molecular weight is 350 g/mol. The number of thiophene rings is 1. The minimum absolute atomic E-state index is 0.0245. The number of carbonyl (C=O) groups is 1. The first-order valence-electron chi connectivity index (χ1n) is 6.71. The third kappa shape index (κ3) is 2.49. The van der Waals surface area contributed by atoms with Gasteiger partial charge < -0.3 is 10.4 Å². The van der Waals surface area contributed by atoms with Crippen LogP contribution in [0.4, 0.5) is 5.00 Å². The van der Waals surface area contributed by atoms with Gasteiger partial charge in [0.1, 0.15) is 0 Å². The van der Waals surface area contributed by atoms with Crippen LogP contribution in [0.2, 0.25) is 0 Å². The molecule has 2 N–H and O–H groups in total. The van der Waals surface area contributed by atoms with Crippen molar-refractivity contribution in [3.8, 4) is 0 Å². The van der Waals surface area contributed by atoms with Gasteiger partial charge >= 0.3 is 0 Å². The van der Waals surface area contributed by atoms with Crippen molar-refractivity contribution in [2.75, 3.05) is 12.4 Å². The van der Waals surface area contributed by atoms with Crippen molar-refractivity contribution in [1.82, 2.24) is 4.31 Å². The van der Waals surface area contributed by atoms with Crippen molar-refractivity contribution in [2.45, 2.75) is 11.8 Å². The number of anilines is 1. The molecule has 0 aliphatic carbocycles. The Kier molecular flexibility index (Phi) is 3.65. The lowest BCUT2D eigenvalue weighted by atomic mass is 10.1. The van der Waals surface area contributed by atoms with E-state index in [-0.39, 0.29) is 21.9 Å². The Bertz CT molecular complexity index is 928. The normalized spacial score (nSPS) is 16.2. The molecule has 3 rings (SSSR count). The van der Waals surface area contributed by atoms with E-state index >= 15 is 0 Å². The molecule has 6 nitrogen and oxygen atoms in total. The Morgan fingerprint density at radius 3 is 2.57 bits per heavy atom. The number of likely N-dealkylation sites (N-methyl/N-ethyl adjacent to an activating group) is 1. The molecule has 0 unspecified atom stereocenters. The summed E-state index contributed by atoms with van der Waals surface area (Å²) < 4.78 is 25.9. The molecule has 2 heterocycles. The monoisotopic (exact) mass is 350 g/mol. The van der Waals surface area contributed by atoms with Crippen LogP contribution in [0.15, 0.2) is 47.0 Å². The van der Waals surface area contributed by atoms with Gasteiger partial charge in [0, 0.05) is 17.5 Å². The highest BCUT2D eigenvalue weighted by Gasteiger charge is 2.37. The van der Waals surface area contributed by atoms with Gasteiger partial charge in [-0.2, -0.15) is 0 Å². The Morgan fingerprint density at radius 1 is 1.22 bits per heavy atom. The molecule has 0 atom stereocenters. The summed E-state index contributed by atoms with van der Waals surface area (Å²) in [4.78, 5) is 13.5. The predicted octanol–water partition coefficient (Wildman–Crippen LogP) is 2.56. The number of rotatable bonds is 2. The molecule has 1 amide bonds. The van der Waals surface area contributed by atoms with E-state index in [0.717, 1.165) is 9.18 Å². The van der Waals surface area contributed by atoms with Crippen LogP contribution in [0.5, 0.6) is 0 Å². The first kappa shape index (κ1) is 15.6. The summed E-state index contributed by atoms with van der Waals surface area (Å²) in [7, 11) is -2.63. The fraction of sp³-hybridized carbons (Fsp3) is 0.133. The number of aliphatic hydroxyl groups excluding tert-OH is 1. The number of aliphatic hydroxyl groups is 1. The quantitative estimate of drug-likeness (QED) is 0.871. The number of nitrogens with one attached hydrogen (secondary N) is 1. The highest BCUT2D eigenvalue weighted by molar-refractivity contribution is 7.89. The lowest BCUT2D eigenvalue weighted by Crippen LogP contribution is -2.37. The fourth-order valence-electron chi connectivity index (χ4n) is 2.35. The van der Waals surface area contributed by atoms with Crippen molar-refractivity contribution in [2.24, 2.45) is 0 Å². The van der Waals surface area contributed by atoms with Gasteiger partial charge in [-0.05, 0) is 31.2 Å². The summed E-state index contributed by atoms with van der Waals surface area (Å²) >= 11 is 1.36. The molecule has 0 fully saturated rings. The van der Waals surface area contributed by atoms with Crippen LogP contribution in [0.3, 0.4) is 0 Å². The van der Waals surface area contributed by atoms with E-state index in [9.17, 15) is 18.3 Å². The van der Waals surface area contributed by atoms with Crippen molar-refractivity contribution >= 4 is 38.0 Å². The molecule has 0 spiro atoms. The van der Waals surface area contributed by atoms with Crippen molar-refractivity contribution in [3.63, 3.8) is 0 Å². The average Bonchev–Trinajstić information content (AvgIpc) is 2.91. The third-order valence-electron chi connectivity index (χ3n) is 3.51. The number of hydrogen-bond acceptors (Lipinski definition) is 5. The molecule has 0 saturated carbocycles. The standard InChI is InChI=1S/C15H14N2O4S2/c1-9-7-8-12(22-9)16-15(19)13-14(18)10-5-3-4-6-11(10)23(20,21)17(13)2/h3-8,18H,1-2H3,(H,16,19). The topological polar surface area (TPSA) is 86.7 Å². The highest BCUT2D eigenvalue weighted by Crippen LogP contribution is 2.35. The van der Waals surface area contributed by atoms with Crippen molar-refractivity contribution in [3.05, 3.63) is 52.5 Å². The first-order valence-corrected chi connectivity index (χ1v) is 8.97. The molecule has 1 aliphatic heterocycles. The van der Waals surface area contributed by atoms with Crippen LogP contribution >= 0.6 is 11.3 Å². The number of sulfonamides is 1. The van der Waals surface area contributed by atoms with E-state index < -0.39 is 15.9 Å². The van der Waals surface area contributed by atoms with E-state index in [4.69, 9.17) is 0 Å². The second-order valence-electron chi connectivity index (χ2n) is 5.03. The van der Waals surface area contributed by atoms with Crippen molar-refractivity contribution < 1.29 is 18.3 Å². The van der Waals surface area contributed by atoms with Crippen LogP contribution in [0.1, 0.15) is 10.4 Å². The zero-order valence-electron chi connectivity index (χ0n) is 12.4. The van der Waals surface area contributed by atoms with Gasteiger partial charge in [-0.15, -0.1) is 11.3 Å². The van der Waals surface area contributed by atoms with Gasteiger partial charge in [0.05, 0.1) is 9.90 Å². The van der Waals surface area contributed by atoms with Gasteiger partial charge in [-0.25, -0.2) is 8.42 Å². The minimum atomic E-state index is -3.88. The zero-order chi connectivity index (χ0) is 16.8. The maximum atomic E-state index is 12.5. The van der Waals surface area contributed by atoms with Crippen LogP contribution in [-0.4, -0.2) is 30.8 Å².